The average molecular weight is 283 g/mol. The summed E-state index contributed by atoms with van der Waals surface area (Å²) >= 11 is 0. The van der Waals surface area contributed by atoms with Crippen molar-refractivity contribution in [1.82, 2.24) is 25.4 Å². The number of carbonyl (C=O) groups is 2. The summed E-state index contributed by atoms with van der Waals surface area (Å²) in [5.74, 6) is -0.395. The van der Waals surface area contributed by atoms with Crippen LogP contribution in [0.4, 0.5) is 4.79 Å². The van der Waals surface area contributed by atoms with Gasteiger partial charge >= 0.3 is 12.0 Å². The van der Waals surface area contributed by atoms with E-state index in [0.717, 1.165) is 12.8 Å². The van der Waals surface area contributed by atoms with Gasteiger partial charge in [0.1, 0.15) is 12.4 Å². The molecule has 1 heterocycles. The van der Waals surface area contributed by atoms with Crippen LogP contribution in [0.2, 0.25) is 0 Å². The molecule has 8 nitrogen and oxygen atoms in total. The van der Waals surface area contributed by atoms with Gasteiger partial charge < -0.3 is 20.3 Å². The highest BCUT2D eigenvalue weighted by atomic mass is 16.4. The first-order valence-electron chi connectivity index (χ1n) is 6.72. The lowest BCUT2D eigenvalue weighted by molar-refractivity contribution is -0.139. The van der Waals surface area contributed by atoms with E-state index in [1.807, 2.05) is 13.8 Å². The number of nitrogens with zero attached hydrogens (tertiary/aromatic N) is 3. The van der Waals surface area contributed by atoms with Crippen molar-refractivity contribution in [2.75, 3.05) is 0 Å². The number of rotatable bonds is 8. The Hall–Kier alpha value is -2.12. The van der Waals surface area contributed by atoms with E-state index < -0.39 is 18.0 Å². The molecule has 0 bridgehead atoms. The summed E-state index contributed by atoms with van der Waals surface area (Å²) in [6.07, 6.45) is 3.63. The molecule has 0 saturated heterocycles. The van der Waals surface area contributed by atoms with Crippen molar-refractivity contribution in [3.63, 3.8) is 0 Å². The number of carboxylic acids is 1. The fourth-order valence-corrected chi connectivity index (χ4v) is 1.71. The van der Waals surface area contributed by atoms with Crippen LogP contribution in [0.3, 0.4) is 0 Å². The average Bonchev–Trinajstić information content (AvgIpc) is 2.88. The molecular formula is C12H21N5O3. The Morgan fingerprint density at radius 2 is 2.20 bits per heavy atom. The maximum Gasteiger partial charge on any atom is 0.326 e. The summed E-state index contributed by atoms with van der Waals surface area (Å²) in [5, 5.41) is 21.7. The zero-order valence-electron chi connectivity index (χ0n) is 11.8. The minimum atomic E-state index is -1.02. The lowest BCUT2D eigenvalue weighted by Crippen LogP contribution is -2.45. The van der Waals surface area contributed by atoms with Crippen LogP contribution < -0.4 is 10.6 Å². The van der Waals surface area contributed by atoms with Crippen molar-refractivity contribution in [3.8, 4) is 0 Å². The monoisotopic (exact) mass is 283 g/mol. The number of unbranched alkanes of at least 4 members (excludes halogenated alkanes) is 1. The summed E-state index contributed by atoms with van der Waals surface area (Å²) in [4.78, 5) is 22.7. The lowest BCUT2D eigenvalue weighted by atomic mass is 10.1. The minimum Gasteiger partial charge on any atom is -0.480 e. The van der Waals surface area contributed by atoms with Crippen LogP contribution in [0.25, 0.3) is 0 Å². The molecule has 112 valence electrons. The van der Waals surface area contributed by atoms with E-state index >= 15 is 0 Å². The largest absolute Gasteiger partial charge is 0.480 e. The Morgan fingerprint density at radius 1 is 1.45 bits per heavy atom. The van der Waals surface area contributed by atoms with E-state index in [1.54, 1.807) is 10.9 Å². The highest BCUT2D eigenvalue weighted by Gasteiger charge is 2.19. The van der Waals surface area contributed by atoms with Crippen molar-refractivity contribution in [3.05, 3.63) is 12.2 Å². The molecular weight excluding hydrogens is 262 g/mol. The van der Waals surface area contributed by atoms with E-state index in [2.05, 4.69) is 20.8 Å². The molecule has 1 aromatic heterocycles. The van der Waals surface area contributed by atoms with Gasteiger partial charge in [0.25, 0.3) is 0 Å². The Bertz CT molecular complexity index is 446. The van der Waals surface area contributed by atoms with Gasteiger partial charge in [-0.05, 0) is 13.3 Å². The van der Waals surface area contributed by atoms with Crippen molar-refractivity contribution >= 4 is 12.0 Å². The summed E-state index contributed by atoms with van der Waals surface area (Å²) in [7, 11) is 0. The molecule has 3 N–H and O–H groups in total. The van der Waals surface area contributed by atoms with Gasteiger partial charge in [0.15, 0.2) is 5.82 Å². The van der Waals surface area contributed by atoms with Gasteiger partial charge in [-0.3, -0.25) is 0 Å². The van der Waals surface area contributed by atoms with Gasteiger partial charge in [-0.15, -0.1) is 10.2 Å². The first-order chi connectivity index (χ1) is 9.58. The van der Waals surface area contributed by atoms with Crippen LogP contribution in [0, 0.1) is 0 Å². The van der Waals surface area contributed by atoms with Gasteiger partial charge in [0.2, 0.25) is 0 Å². The van der Waals surface area contributed by atoms with E-state index in [0.29, 0.717) is 18.8 Å². The molecule has 1 aromatic rings. The quantitative estimate of drug-likeness (QED) is 0.652. The third-order valence-corrected chi connectivity index (χ3v) is 2.89. The van der Waals surface area contributed by atoms with Crippen LogP contribution >= 0.6 is 0 Å². The standard InChI is InChI=1S/C12H21N5O3/c1-3-5-6-9(11(18)19)15-12(20)13-7-10-16-14-8-17(10)4-2/h8-9H,3-7H2,1-2H3,(H,18,19)(H2,13,15,20)/t9-/m0/s1. The summed E-state index contributed by atoms with van der Waals surface area (Å²) in [6.45, 7) is 4.83. The molecule has 0 aliphatic rings. The van der Waals surface area contributed by atoms with Crippen molar-refractivity contribution in [2.45, 2.75) is 52.2 Å². The smallest absolute Gasteiger partial charge is 0.326 e. The maximum atomic E-state index is 11.7. The molecule has 0 aliphatic heterocycles. The first-order valence-corrected chi connectivity index (χ1v) is 6.72. The molecule has 2 amide bonds. The van der Waals surface area contributed by atoms with Crippen molar-refractivity contribution in [1.29, 1.82) is 0 Å². The molecule has 20 heavy (non-hydrogen) atoms. The number of carboxylic acid groups (broad SMARTS) is 1. The van der Waals surface area contributed by atoms with E-state index in [4.69, 9.17) is 5.11 Å². The summed E-state index contributed by atoms with van der Waals surface area (Å²) in [5.41, 5.74) is 0. The molecule has 0 unspecified atom stereocenters. The van der Waals surface area contributed by atoms with Gasteiger partial charge in [-0.2, -0.15) is 0 Å². The summed E-state index contributed by atoms with van der Waals surface area (Å²) in [6, 6.07) is -1.38. The van der Waals surface area contributed by atoms with Gasteiger partial charge in [0.05, 0.1) is 6.54 Å². The Morgan fingerprint density at radius 3 is 2.80 bits per heavy atom. The second-order valence-electron chi connectivity index (χ2n) is 4.39. The van der Waals surface area contributed by atoms with Crippen LogP contribution in [0.15, 0.2) is 6.33 Å². The molecule has 0 radical (unpaired) electrons. The van der Waals surface area contributed by atoms with E-state index in [9.17, 15) is 9.59 Å². The number of urea groups is 1. The molecule has 8 heteroatoms. The fourth-order valence-electron chi connectivity index (χ4n) is 1.71. The predicted octanol–water partition coefficient (Wildman–Crippen LogP) is 0.741. The van der Waals surface area contributed by atoms with E-state index in [-0.39, 0.29) is 6.54 Å². The van der Waals surface area contributed by atoms with Gasteiger partial charge in [-0.25, -0.2) is 9.59 Å². The second-order valence-corrected chi connectivity index (χ2v) is 4.39. The number of aryl methyl sites for hydroxylation is 1. The third kappa shape index (κ3) is 4.87. The Balaban J connectivity index is 2.43. The number of hydrogen-bond acceptors (Lipinski definition) is 4. The number of hydrogen-bond donors (Lipinski definition) is 3. The normalized spacial score (nSPS) is 11.9. The maximum absolute atomic E-state index is 11.7. The highest BCUT2D eigenvalue weighted by molar-refractivity contribution is 5.82. The predicted molar refractivity (Wildman–Crippen MR) is 72.0 cm³/mol. The molecule has 1 rings (SSSR count). The molecule has 0 aromatic carbocycles. The molecule has 1 atom stereocenters. The van der Waals surface area contributed by atoms with Crippen LogP contribution in [-0.4, -0.2) is 37.9 Å². The SMILES string of the molecule is CCCC[C@H](NC(=O)NCc1nncn1CC)C(=O)O. The van der Waals surface area contributed by atoms with Crippen molar-refractivity contribution < 1.29 is 14.7 Å². The Kier molecular flexibility index (Phi) is 6.48. The minimum absolute atomic E-state index is 0.208. The third-order valence-electron chi connectivity index (χ3n) is 2.89. The number of amides is 2. The zero-order chi connectivity index (χ0) is 15.0. The van der Waals surface area contributed by atoms with E-state index in [1.165, 1.54) is 0 Å². The number of aromatic nitrogens is 3. The number of carbonyl (C=O) groups excluding carboxylic acids is 1. The van der Waals surface area contributed by atoms with Crippen LogP contribution in [0.1, 0.15) is 38.9 Å². The number of nitrogens with one attached hydrogen (secondary N) is 2. The summed E-state index contributed by atoms with van der Waals surface area (Å²) < 4.78 is 1.80. The number of aliphatic carboxylic acids is 1. The topological polar surface area (TPSA) is 109 Å². The molecule has 0 aliphatic carbocycles. The van der Waals surface area contributed by atoms with Gasteiger partial charge in [0, 0.05) is 6.54 Å². The molecule has 0 saturated carbocycles. The van der Waals surface area contributed by atoms with Crippen LogP contribution in [-0.2, 0) is 17.9 Å². The highest BCUT2D eigenvalue weighted by Crippen LogP contribution is 2.01. The van der Waals surface area contributed by atoms with Gasteiger partial charge in [-0.1, -0.05) is 19.8 Å². The van der Waals surface area contributed by atoms with Crippen molar-refractivity contribution in [2.24, 2.45) is 0 Å². The Labute approximate surface area is 117 Å². The zero-order valence-corrected chi connectivity index (χ0v) is 11.8. The van der Waals surface area contributed by atoms with Crippen LogP contribution in [0.5, 0.6) is 0 Å². The fraction of sp³-hybridized carbons (Fsp3) is 0.667. The first kappa shape index (κ1) is 15.9. The molecule has 0 fully saturated rings. The molecule has 0 spiro atoms. The second kappa shape index (κ2) is 8.13. The lowest BCUT2D eigenvalue weighted by Gasteiger charge is -2.14.